The summed E-state index contributed by atoms with van der Waals surface area (Å²) in [7, 11) is 3.70. The molecule has 5 rings (SSSR count). The Morgan fingerprint density at radius 3 is 2.79 bits per heavy atom. The molecule has 11 heteroatoms. The van der Waals surface area contributed by atoms with Gasteiger partial charge in [-0.15, -0.1) is 0 Å². The van der Waals surface area contributed by atoms with E-state index in [2.05, 4.69) is 35.8 Å². The molecule has 0 atom stereocenters. The summed E-state index contributed by atoms with van der Waals surface area (Å²) < 4.78 is 8.91. The van der Waals surface area contributed by atoms with Crippen LogP contribution in [0, 0.1) is 6.92 Å². The average molecular weight is 443 g/mol. The number of hydrogen-bond donors (Lipinski definition) is 2. The second kappa shape index (κ2) is 8.19. The summed E-state index contributed by atoms with van der Waals surface area (Å²) in [5, 5.41) is 15.3. The van der Waals surface area contributed by atoms with Gasteiger partial charge in [-0.2, -0.15) is 10.2 Å². The number of nitrogens with one attached hydrogen (secondary N) is 2. The third kappa shape index (κ3) is 4.03. The number of aromatic nitrogens is 7. The van der Waals surface area contributed by atoms with Gasteiger partial charge in [0, 0.05) is 38.3 Å². The second-order valence-corrected chi connectivity index (χ2v) is 7.57. The van der Waals surface area contributed by atoms with Crippen molar-refractivity contribution in [2.75, 3.05) is 5.32 Å². The summed E-state index contributed by atoms with van der Waals surface area (Å²) in [6, 6.07) is 7.73. The smallest absolute Gasteiger partial charge is 0.307 e. The van der Waals surface area contributed by atoms with Gasteiger partial charge >= 0.3 is 5.91 Å². The van der Waals surface area contributed by atoms with Crippen molar-refractivity contribution in [3.05, 3.63) is 66.1 Å². The number of anilines is 2. The van der Waals surface area contributed by atoms with Gasteiger partial charge in [0.05, 0.1) is 17.9 Å². The number of aryl methyl sites for hydroxylation is 3. The van der Waals surface area contributed by atoms with Gasteiger partial charge in [-0.05, 0) is 30.2 Å². The van der Waals surface area contributed by atoms with Crippen molar-refractivity contribution in [2.24, 2.45) is 14.1 Å². The monoisotopic (exact) mass is 443 g/mol. The van der Waals surface area contributed by atoms with Crippen molar-refractivity contribution in [1.82, 2.24) is 39.8 Å². The highest BCUT2D eigenvalue weighted by molar-refractivity contribution is 5.90. The first-order valence-corrected chi connectivity index (χ1v) is 10.2. The highest BCUT2D eigenvalue weighted by atomic mass is 16.4. The molecule has 2 N–H and O–H groups in total. The van der Waals surface area contributed by atoms with Crippen molar-refractivity contribution in [2.45, 2.75) is 13.5 Å². The van der Waals surface area contributed by atoms with E-state index in [-0.39, 0.29) is 5.89 Å². The molecule has 0 bridgehead atoms. The van der Waals surface area contributed by atoms with Gasteiger partial charge in [0.1, 0.15) is 23.5 Å². The molecule has 0 aliphatic heterocycles. The average Bonchev–Trinajstić information content (AvgIpc) is 3.55. The standard InChI is InChI=1S/C22H21N9O2/c1-13-9-24-22(28-18-6-7-25-31(18)3)29-19(13)16-12-33-21(27-16)20(32)23-10-14-4-5-17-15(8-14)11-26-30(17)2/h4-9,11-12H,10H2,1-3H3,(H,23,32)(H,24,28,29). The maximum atomic E-state index is 12.6. The zero-order valence-electron chi connectivity index (χ0n) is 18.3. The van der Waals surface area contributed by atoms with Crippen LogP contribution in [0.25, 0.3) is 22.3 Å². The van der Waals surface area contributed by atoms with E-state index in [9.17, 15) is 4.79 Å². The van der Waals surface area contributed by atoms with E-state index in [4.69, 9.17) is 4.42 Å². The summed E-state index contributed by atoms with van der Waals surface area (Å²) in [4.78, 5) is 25.8. The molecule has 4 aromatic heterocycles. The largest absolute Gasteiger partial charge is 0.440 e. The van der Waals surface area contributed by atoms with E-state index in [1.807, 2.05) is 45.3 Å². The minimum Gasteiger partial charge on any atom is -0.440 e. The molecule has 0 spiro atoms. The Hall–Kier alpha value is -4.54. The molecule has 0 radical (unpaired) electrons. The van der Waals surface area contributed by atoms with Gasteiger partial charge in [0.25, 0.3) is 5.89 Å². The predicted octanol–water partition coefficient (Wildman–Crippen LogP) is 2.73. The van der Waals surface area contributed by atoms with E-state index in [0.29, 0.717) is 23.9 Å². The van der Waals surface area contributed by atoms with Crippen LogP contribution in [0.1, 0.15) is 21.8 Å². The van der Waals surface area contributed by atoms with Crippen LogP contribution in [0.15, 0.2) is 53.5 Å². The number of amides is 1. The van der Waals surface area contributed by atoms with Crippen LogP contribution in [0.3, 0.4) is 0 Å². The Kier molecular flexibility index (Phi) is 5.05. The fourth-order valence-corrected chi connectivity index (χ4v) is 3.44. The molecule has 0 saturated heterocycles. The molecule has 11 nitrogen and oxygen atoms in total. The number of fused-ring (bicyclic) bond motifs is 1. The molecule has 5 aromatic rings. The molecule has 0 saturated carbocycles. The van der Waals surface area contributed by atoms with Crippen molar-refractivity contribution < 1.29 is 9.21 Å². The quantitative estimate of drug-likeness (QED) is 0.410. The van der Waals surface area contributed by atoms with E-state index in [1.54, 1.807) is 28.0 Å². The third-order valence-electron chi connectivity index (χ3n) is 5.24. The van der Waals surface area contributed by atoms with Gasteiger partial charge in [0.2, 0.25) is 5.95 Å². The van der Waals surface area contributed by atoms with E-state index < -0.39 is 5.91 Å². The topological polar surface area (TPSA) is 129 Å². The van der Waals surface area contributed by atoms with Crippen molar-refractivity contribution in [1.29, 1.82) is 0 Å². The van der Waals surface area contributed by atoms with E-state index in [0.717, 1.165) is 27.8 Å². The zero-order valence-corrected chi connectivity index (χ0v) is 18.3. The van der Waals surface area contributed by atoms with Crippen LogP contribution in [0.2, 0.25) is 0 Å². The molecule has 0 aliphatic rings. The minimum atomic E-state index is -0.410. The Labute approximate surface area is 188 Å². The van der Waals surface area contributed by atoms with E-state index >= 15 is 0 Å². The summed E-state index contributed by atoms with van der Waals surface area (Å²) in [5.41, 5.74) is 3.80. The molecular formula is C22H21N9O2. The van der Waals surface area contributed by atoms with E-state index in [1.165, 1.54) is 6.26 Å². The number of rotatable bonds is 6. The van der Waals surface area contributed by atoms with Crippen molar-refractivity contribution in [3.8, 4) is 11.4 Å². The van der Waals surface area contributed by atoms with Crippen molar-refractivity contribution >= 4 is 28.6 Å². The predicted molar refractivity (Wildman–Crippen MR) is 121 cm³/mol. The third-order valence-corrected chi connectivity index (χ3v) is 5.24. The number of benzene rings is 1. The SMILES string of the molecule is Cc1cnc(Nc2ccnn2C)nc1-c1coc(C(=O)NCc2ccc3c(cnn3C)c2)n1. The molecule has 1 amide bonds. The first-order valence-electron chi connectivity index (χ1n) is 10.2. The van der Waals surface area contributed by atoms with Crippen LogP contribution in [-0.2, 0) is 20.6 Å². The summed E-state index contributed by atoms with van der Waals surface area (Å²) in [5.74, 6) is 0.688. The fraction of sp³-hybridized carbons (Fsp3) is 0.182. The van der Waals surface area contributed by atoms with Gasteiger partial charge in [0.15, 0.2) is 0 Å². The molecule has 0 fully saturated rings. The van der Waals surface area contributed by atoms with Crippen LogP contribution in [0.5, 0.6) is 0 Å². The maximum absolute atomic E-state index is 12.6. The molecule has 33 heavy (non-hydrogen) atoms. The summed E-state index contributed by atoms with van der Waals surface area (Å²) >= 11 is 0. The van der Waals surface area contributed by atoms with Crippen LogP contribution in [0.4, 0.5) is 11.8 Å². The number of carbonyl (C=O) groups excluding carboxylic acids is 1. The number of nitrogens with zero attached hydrogens (tertiary/aromatic N) is 7. The second-order valence-electron chi connectivity index (χ2n) is 7.57. The first kappa shape index (κ1) is 20.4. The number of carbonyl (C=O) groups is 1. The van der Waals surface area contributed by atoms with Crippen LogP contribution < -0.4 is 10.6 Å². The summed E-state index contributed by atoms with van der Waals surface area (Å²) in [6.07, 6.45) is 6.57. The fourth-order valence-electron chi connectivity index (χ4n) is 3.44. The summed E-state index contributed by atoms with van der Waals surface area (Å²) in [6.45, 7) is 2.21. The maximum Gasteiger partial charge on any atom is 0.307 e. The Morgan fingerprint density at radius 2 is 1.97 bits per heavy atom. The number of hydrogen-bond acceptors (Lipinski definition) is 8. The molecule has 1 aromatic carbocycles. The van der Waals surface area contributed by atoms with Crippen LogP contribution >= 0.6 is 0 Å². The first-order chi connectivity index (χ1) is 16.0. The normalized spacial score (nSPS) is 11.1. The highest BCUT2D eigenvalue weighted by Crippen LogP contribution is 2.22. The van der Waals surface area contributed by atoms with Gasteiger partial charge in [-0.1, -0.05) is 6.07 Å². The zero-order chi connectivity index (χ0) is 22.9. The molecule has 0 unspecified atom stereocenters. The Bertz CT molecular complexity index is 1460. The molecule has 0 aliphatic carbocycles. The molecule has 4 heterocycles. The minimum absolute atomic E-state index is 0.0355. The number of oxazole rings is 1. The molecular weight excluding hydrogens is 422 g/mol. The van der Waals surface area contributed by atoms with Gasteiger partial charge < -0.3 is 15.1 Å². The molecule has 166 valence electrons. The lowest BCUT2D eigenvalue weighted by Gasteiger charge is -2.07. The lowest BCUT2D eigenvalue weighted by Crippen LogP contribution is -2.23. The Balaban J connectivity index is 1.30. The van der Waals surface area contributed by atoms with Crippen molar-refractivity contribution in [3.63, 3.8) is 0 Å². The lowest BCUT2D eigenvalue weighted by atomic mass is 10.1. The van der Waals surface area contributed by atoms with Crippen LogP contribution in [-0.4, -0.2) is 40.4 Å². The Morgan fingerprint density at radius 1 is 1.09 bits per heavy atom. The van der Waals surface area contributed by atoms with Gasteiger partial charge in [-0.25, -0.2) is 15.0 Å². The highest BCUT2D eigenvalue weighted by Gasteiger charge is 2.17. The van der Waals surface area contributed by atoms with Gasteiger partial charge in [-0.3, -0.25) is 14.2 Å². The lowest BCUT2D eigenvalue weighted by molar-refractivity contribution is 0.0916.